The number of benzene rings is 1. The number of hydrogen-bond acceptors (Lipinski definition) is 2. The minimum Gasteiger partial charge on any atom is -0.368 e. The highest BCUT2D eigenvalue weighted by atomic mass is 79.9. The first-order valence-corrected chi connectivity index (χ1v) is 7.78. The second-order valence-corrected chi connectivity index (χ2v) is 6.38. The molecule has 1 unspecified atom stereocenters. The third-order valence-corrected chi connectivity index (χ3v) is 4.00. The summed E-state index contributed by atoms with van der Waals surface area (Å²) >= 11 is 3.41. The van der Waals surface area contributed by atoms with Gasteiger partial charge in [0.05, 0.1) is 18.1 Å². The fourth-order valence-corrected chi connectivity index (χ4v) is 2.79. The van der Waals surface area contributed by atoms with Crippen molar-refractivity contribution < 1.29 is 13.9 Å². The van der Waals surface area contributed by atoms with E-state index < -0.39 is 0 Å². The van der Waals surface area contributed by atoms with E-state index in [9.17, 15) is 9.18 Å². The van der Waals surface area contributed by atoms with Crippen LogP contribution >= 0.6 is 15.9 Å². The van der Waals surface area contributed by atoms with E-state index in [1.165, 1.54) is 12.1 Å². The van der Waals surface area contributed by atoms with Gasteiger partial charge in [-0.25, -0.2) is 4.39 Å². The fourth-order valence-electron chi connectivity index (χ4n) is 2.45. The topological polar surface area (TPSA) is 29.5 Å². The minimum absolute atomic E-state index is 0.0101. The molecule has 5 heteroatoms. The molecule has 0 N–H and O–H groups in total. The molecule has 20 heavy (non-hydrogen) atoms. The molecule has 1 atom stereocenters. The Balaban J connectivity index is 2.02. The fraction of sp³-hybridized carbons (Fsp3) is 0.533. The molecule has 1 fully saturated rings. The molecule has 0 radical (unpaired) electrons. The van der Waals surface area contributed by atoms with Gasteiger partial charge in [0.15, 0.2) is 0 Å². The van der Waals surface area contributed by atoms with E-state index in [2.05, 4.69) is 15.9 Å². The molecule has 3 nitrogen and oxygen atoms in total. The van der Waals surface area contributed by atoms with Crippen LogP contribution in [0, 0.1) is 5.82 Å². The number of hydrogen-bond donors (Lipinski definition) is 0. The molecule has 1 aromatic rings. The standard InChI is InChI=1S/C15H19BrFNO2/c1-15(2)10-18(9-13(8-16)20-15)14(19)7-11-3-5-12(17)6-4-11/h3-6,13H,7-10H2,1-2H3. The Kier molecular flexibility index (Phi) is 4.81. The van der Waals surface area contributed by atoms with Crippen LogP contribution in [0.25, 0.3) is 0 Å². The Hall–Kier alpha value is -0.940. The summed E-state index contributed by atoms with van der Waals surface area (Å²) < 4.78 is 18.7. The van der Waals surface area contributed by atoms with Gasteiger partial charge in [0.1, 0.15) is 5.82 Å². The van der Waals surface area contributed by atoms with E-state index in [4.69, 9.17) is 4.74 Å². The number of nitrogens with zero attached hydrogens (tertiary/aromatic N) is 1. The zero-order valence-corrected chi connectivity index (χ0v) is 13.3. The summed E-state index contributed by atoms with van der Waals surface area (Å²) in [6.45, 7) is 5.14. The van der Waals surface area contributed by atoms with Crippen LogP contribution in [0.2, 0.25) is 0 Å². The van der Waals surface area contributed by atoms with Gasteiger partial charge in [-0.1, -0.05) is 28.1 Å². The normalized spacial score (nSPS) is 21.8. The Bertz CT molecular complexity index is 475. The average Bonchev–Trinajstić information content (AvgIpc) is 2.39. The van der Waals surface area contributed by atoms with Gasteiger partial charge < -0.3 is 9.64 Å². The van der Waals surface area contributed by atoms with Crippen LogP contribution in [-0.4, -0.2) is 40.9 Å². The molecular formula is C15H19BrFNO2. The van der Waals surface area contributed by atoms with Crippen LogP contribution in [0.4, 0.5) is 4.39 Å². The Morgan fingerprint density at radius 3 is 2.70 bits per heavy atom. The van der Waals surface area contributed by atoms with Gasteiger partial charge in [0.25, 0.3) is 0 Å². The van der Waals surface area contributed by atoms with Gasteiger partial charge in [-0.05, 0) is 31.5 Å². The number of rotatable bonds is 3. The molecule has 1 heterocycles. The Morgan fingerprint density at radius 2 is 2.10 bits per heavy atom. The quantitative estimate of drug-likeness (QED) is 0.790. The third-order valence-electron chi connectivity index (χ3n) is 3.27. The number of carbonyl (C=O) groups excluding carboxylic acids is 1. The summed E-state index contributed by atoms with van der Waals surface area (Å²) in [5.41, 5.74) is 0.492. The molecule has 0 aliphatic carbocycles. The predicted molar refractivity (Wildman–Crippen MR) is 79.4 cm³/mol. The number of amides is 1. The van der Waals surface area contributed by atoms with E-state index in [0.29, 0.717) is 24.8 Å². The predicted octanol–water partition coefficient (Wildman–Crippen LogP) is 2.77. The van der Waals surface area contributed by atoms with Crippen molar-refractivity contribution in [3.8, 4) is 0 Å². The van der Waals surface area contributed by atoms with Crippen molar-refractivity contribution in [1.29, 1.82) is 0 Å². The number of halogens is 2. The van der Waals surface area contributed by atoms with Crippen molar-refractivity contribution >= 4 is 21.8 Å². The monoisotopic (exact) mass is 343 g/mol. The third kappa shape index (κ3) is 4.03. The van der Waals surface area contributed by atoms with Gasteiger partial charge in [-0.15, -0.1) is 0 Å². The van der Waals surface area contributed by atoms with Crippen LogP contribution in [0.15, 0.2) is 24.3 Å². The molecule has 1 aliphatic rings. The van der Waals surface area contributed by atoms with Gasteiger partial charge >= 0.3 is 0 Å². The van der Waals surface area contributed by atoms with E-state index in [0.717, 1.165) is 5.56 Å². The molecule has 1 aliphatic heterocycles. The summed E-state index contributed by atoms with van der Waals surface area (Å²) in [6, 6.07) is 6.07. The number of carbonyl (C=O) groups is 1. The second-order valence-electron chi connectivity index (χ2n) is 5.73. The molecule has 110 valence electrons. The van der Waals surface area contributed by atoms with E-state index in [-0.39, 0.29) is 23.4 Å². The largest absolute Gasteiger partial charge is 0.368 e. The van der Waals surface area contributed by atoms with Gasteiger partial charge in [0, 0.05) is 18.4 Å². The first-order valence-electron chi connectivity index (χ1n) is 6.65. The second kappa shape index (κ2) is 6.22. The van der Waals surface area contributed by atoms with Gasteiger partial charge in [-0.3, -0.25) is 4.79 Å². The lowest BCUT2D eigenvalue weighted by atomic mass is 10.0. The van der Waals surface area contributed by atoms with Crippen LogP contribution in [-0.2, 0) is 16.0 Å². The van der Waals surface area contributed by atoms with Crippen molar-refractivity contribution in [3.05, 3.63) is 35.6 Å². The molecule has 1 aromatic carbocycles. The van der Waals surface area contributed by atoms with Crippen molar-refractivity contribution in [2.45, 2.75) is 32.0 Å². The maximum atomic E-state index is 12.9. The van der Waals surface area contributed by atoms with Crippen LogP contribution in [0.1, 0.15) is 19.4 Å². The molecule has 0 saturated carbocycles. The zero-order valence-electron chi connectivity index (χ0n) is 11.7. The summed E-state index contributed by atoms with van der Waals surface area (Å²) in [6.07, 6.45) is 0.307. The average molecular weight is 344 g/mol. The first kappa shape index (κ1) is 15.4. The highest BCUT2D eigenvalue weighted by Crippen LogP contribution is 2.22. The minimum atomic E-state index is -0.338. The SMILES string of the molecule is CC1(C)CN(C(=O)Cc2ccc(F)cc2)CC(CBr)O1. The van der Waals surface area contributed by atoms with Crippen molar-refractivity contribution in [3.63, 3.8) is 0 Å². The van der Waals surface area contributed by atoms with Crippen molar-refractivity contribution in [1.82, 2.24) is 4.90 Å². The molecule has 1 saturated heterocycles. The number of ether oxygens (including phenoxy) is 1. The molecule has 2 rings (SSSR count). The van der Waals surface area contributed by atoms with Crippen LogP contribution in [0.3, 0.4) is 0 Å². The maximum absolute atomic E-state index is 12.9. The lowest BCUT2D eigenvalue weighted by Crippen LogP contribution is -2.55. The number of alkyl halides is 1. The molecule has 1 amide bonds. The van der Waals surface area contributed by atoms with Crippen LogP contribution in [0.5, 0.6) is 0 Å². The van der Waals surface area contributed by atoms with Gasteiger partial charge in [0.2, 0.25) is 5.91 Å². The lowest BCUT2D eigenvalue weighted by Gasteiger charge is -2.42. The summed E-state index contributed by atoms with van der Waals surface area (Å²) in [5, 5.41) is 0.705. The van der Waals surface area contributed by atoms with E-state index in [1.807, 2.05) is 18.7 Å². The van der Waals surface area contributed by atoms with E-state index in [1.54, 1.807) is 12.1 Å². The molecule has 0 spiro atoms. The van der Waals surface area contributed by atoms with E-state index >= 15 is 0 Å². The Morgan fingerprint density at radius 1 is 1.45 bits per heavy atom. The van der Waals surface area contributed by atoms with Crippen molar-refractivity contribution in [2.24, 2.45) is 0 Å². The smallest absolute Gasteiger partial charge is 0.227 e. The number of morpholine rings is 1. The summed E-state index contributed by atoms with van der Waals surface area (Å²) in [7, 11) is 0. The molecular weight excluding hydrogens is 325 g/mol. The van der Waals surface area contributed by atoms with Gasteiger partial charge in [-0.2, -0.15) is 0 Å². The molecule has 0 bridgehead atoms. The highest BCUT2D eigenvalue weighted by Gasteiger charge is 2.34. The first-order chi connectivity index (χ1) is 9.39. The highest BCUT2D eigenvalue weighted by molar-refractivity contribution is 9.09. The Labute approximate surface area is 127 Å². The molecule has 0 aromatic heterocycles. The summed E-state index contributed by atoms with van der Waals surface area (Å²) in [5.74, 6) is -0.230. The van der Waals surface area contributed by atoms with Crippen molar-refractivity contribution in [2.75, 3.05) is 18.4 Å². The lowest BCUT2D eigenvalue weighted by molar-refractivity contribution is -0.156. The maximum Gasteiger partial charge on any atom is 0.227 e. The van der Waals surface area contributed by atoms with Crippen LogP contribution < -0.4 is 0 Å². The zero-order chi connectivity index (χ0) is 14.8. The summed E-state index contributed by atoms with van der Waals surface area (Å²) in [4.78, 5) is 14.2.